The average molecular weight is 308 g/mol. The molecule has 0 aliphatic rings. The van der Waals surface area contributed by atoms with Crippen molar-refractivity contribution in [2.75, 3.05) is 0 Å². The number of aromatic nitrogens is 2. The molecule has 0 amide bonds. The number of fused-ring (bicyclic) bond motifs is 1. The smallest absolute Gasteiger partial charge is 0.433 e. The van der Waals surface area contributed by atoms with Gasteiger partial charge in [-0.3, -0.25) is 0 Å². The van der Waals surface area contributed by atoms with Gasteiger partial charge in [-0.25, -0.2) is 14.4 Å². The Morgan fingerprint density at radius 2 is 1.73 bits per heavy atom. The quantitative estimate of drug-likeness (QED) is 0.687. The molecule has 0 aliphatic carbocycles. The molecule has 0 aliphatic heterocycles. The topological polar surface area (TPSA) is 46.0 Å². The van der Waals surface area contributed by atoms with Gasteiger partial charge in [0.05, 0.1) is 0 Å². The molecule has 7 heteroatoms. The van der Waals surface area contributed by atoms with Crippen molar-refractivity contribution in [3.05, 3.63) is 54.1 Å². The average Bonchev–Trinajstić information content (AvgIpc) is 2.48. The molecule has 22 heavy (non-hydrogen) atoms. The molecule has 0 saturated heterocycles. The number of halogens is 4. The van der Waals surface area contributed by atoms with E-state index in [1.807, 2.05) is 0 Å². The molecule has 3 aromatic rings. The van der Waals surface area contributed by atoms with Gasteiger partial charge in [0.1, 0.15) is 17.3 Å². The molecule has 2 heterocycles. The van der Waals surface area contributed by atoms with Crippen molar-refractivity contribution in [3.8, 4) is 16.9 Å². The molecule has 112 valence electrons. The number of nitrogens with zero attached hydrogens (tertiary/aromatic N) is 2. The lowest BCUT2D eigenvalue weighted by Crippen LogP contribution is -2.08. The van der Waals surface area contributed by atoms with E-state index >= 15 is 0 Å². The van der Waals surface area contributed by atoms with Crippen molar-refractivity contribution < 1.29 is 22.7 Å². The van der Waals surface area contributed by atoms with Crippen LogP contribution < -0.4 is 0 Å². The molecular formula is C15H8F4N2O. The maximum absolute atomic E-state index is 13.9. The number of phenolic OH excluding ortho intramolecular Hbond substituents is 1. The number of aromatic hydroxyl groups is 1. The van der Waals surface area contributed by atoms with Gasteiger partial charge in [0, 0.05) is 17.1 Å². The number of hydrogen-bond acceptors (Lipinski definition) is 3. The van der Waals surface area contributed by atoms with Crippen LogP contribution in [0.3, 0.4) is 0 Å². The fourth-order valence-electron chi connectivity index (χ4n) is 2.14. The van der Waals surface area contributed by atoms with Crippen LogP contribution in [0, 0.1) is 5.82 Å². The minimum absolute atomic E-state index is 0.0639. The molecular weight excluding hydrogens is 300 g/mol. The van der Waals surface area contributed by atoms with E-state index in [1.54, 1.807) is 0 Å². The van der Waals surface area contributed by atoms with Crippen LogP contribution in [0.4, 0.5) is 17.6 Å². The van der Waals surface area contributed by atoms with Crippen LogP contribution in [-0.4, -0.2) is 15.1 Å². The molecule has 1 aromatic carbocycles. The van der Waals surface area contributed by atoms with Crippen LogP contribution in [0.5, 0.6) is 5.75 Å². The Morgan fingerprint density at radius 1 is 0.955 bits per heavy atom. The van der Waals surface area contributed by atoms with Crippen molar-refractivity contribution in [1.29, 1.82) is 0 Å². The zero-order valence-corrected chi connectivity index (χ0v) is 10.9. The molecule has 0 unspecified atom stereocenters. The number of hydrogen-bond donors (Lipinski definition) is 1. The SMILES string of the molecule is Oc1ccc(F)c(-c2ccnc3nc(C(F)(F)F)ccc23)c1. The molecule has 0 radical (unpaired) electrons. The lowest BCUT2D eigenvalue weighted by atomic mass is 10.0. The zero-order chi connectivity index (χ0) is 15.9. The molecule has 0 bridgehead atoms. The zero-order valence-electron chi connectivity index (χ0n) is 10.9. The van der Waals surface area contributed by atoms with Gasteiger partial charge in [0.15, 0.2) is 5.65 Å². The normalized spacial score (nSPS) is 11.8. The highest BCUT2D eigenvalue weighted by Gasteiger charge is 2.32. The summed E-state index contributed by atoms with van der Waals surface area (Å²) in [5.41, 5.74) is -0.843. The first-order valence-corrected chi connectivity index (χ1v) is 6.18. The predicted octanol–water partition coefficient (Wildman–Crippen LogP) is 4.16. The van der Waals surface area contributed by atoms with Crippen molar-refractivity contribution in [3.63, 3.8) is 0 Å². The highest BCUT2D eigenvalue weighted by molar-refractivity contribution is 5.92. The van der Waals surface area contributed by atoms with Crippen LogP contribution in [0.15, 0.2) is 42.6 Å². The second-order valence-electron chi connectivity index (χ2n) is 4.59. The van der Waals surface area contributed by atoms with Crippen LogP contribution in [0.2, 0.25) is 0 Å². The second-order valence-corrected chi connectivity index (χ2v) is 4.59. The van der Waals surface area contributed by atoms with Crippen LogP contribution in [0.25, 0.3) is 22.2 Å². The molecule has 0 fully saturated rings. The Bertz CT molecular complexity index is 862. The molecule has 0 atom stereocenters. The third kappa shape index (κ3) is 2.45. The molecule has 0 saturated carbocycles. The number of rotatable bonds is 1. The summed E-state index contributed by atoms with van der Waals surface area (Å²) in [6.45, 7) is 0. The van der Waals surface area contributed by atoms with E-state index in [0.717, 1.165) is 12.1 Å². The summed E-state index contributed by atoms with van der Waals surface area (Å²) >= 11 is 0. The third-order valence-electron chi connectivity index (χ3n) is 3.13. The number of phenols is 1. The third-order valence-corrected chi connectivity index (χ3v) is 3.13. The van der Waals surface area contributed by atoms with E-state index in [4.69, 9.17) is 0 Å². The lowest BCUT2D eigenvalue weighted by molar-refractivity contribution is -0.141. The lowest BCUT2D eigenvalue weighted by Gasteiger charge is -2.10. The van der Waals surface area contributed by atoms with Crippen LogP contribution in [-0.2, 0) is 6.18 Å². The Morgan fingerprint density at radius 3 is 2.45 bits per heavy atom. The van der Waals surface area contributed by atoms with Crippen molar-refractivity contribution in [2.45, 2.75) is 6.18 Å². The molecule has 1 N–H and O–H groups in total. The van der Waals surface area contributed by atoms with Gasteiger partial charge in [-0.05, 0) is 42.0 Å². The largest absolute Gasteiger partial charge is 0.508 e. The molecule has 3 rings (SSSR count). The van der Waals surface area contributed by atoms with Gasteiger partial charge in [-0.1, -0.05) is 0 Å². The maximum Gasteiger partial charge on any atom is 0.433 e. The van der Waals surface area contributed by atoms with E-state index in [1.165, 1.54) is 30.5 Å². The fourth-order valence-corrected chi connectivity index (χ4v) is 2.14. The Labute approximate surface area is 121 Å². The Hall–Kier alpha value is -2.70. The van der Waals surface area contributed by atoms with E-state index in [2.05, 4.69) is 9.97 Å². The van der Waals surface area contributed by atoms with Gasteiger partial charge in [0.25, 0.3) is 0 Å². The first kappa shape index (κ1) is 14.2. The second kappa shape index (κ2) is 4.94. The van der Waals surface area contributed by atoms with Crippen LogP contribution in [0.1, 0.15) is 5.69 Å². The van der Waals surface area contributed by atoms with Gasteiger partial charge in [-0.15, -0.1) is 0 Å². The molecule has 0 spiro atoms. The minimum atomic E-state index is -4.58. The first-order chi connectivity index (χ1) is 10.4. The highest BCUT2D eigenvalue weighted by Crippen LogP contribution is 2.33. The standard InChI is InChI=1S/C15H8F4N2O/c16-12-3-1-8(22)7-11(12)9-5-6-20-14-10(9)2-4-13(21-14)15(17,18)19/h1-7,22H. The van der Waals surface area contributed by atoms with Gasteiger partial charge >= 0.3 is 6.18 Å². The summed E-state index contributed by atoms with van der Waals surface area (Å²) in [5, 5.41) is 9.74. The summed E-state index contributed by atoms with van der Waals surface area (Å²) in [4.78, 5) is 7.26. The summed E-state index contributed by atoms with van der Waals surface area (Å²) in [5.74, 6) is -0.758. The first-order valence-electron chi connectivity index (χ1n) is 6.18. The van der Waals surface area contributed by atoms with Gasteiger partial charge < -0.3 is 5.11 Å². The molecule has 3 nitrogen and oxygen atoms in total. The summed E-state index contributed by atoms with van der Waals surface area (Å²) in [7, 11) is 0. The Kier molecular flexibility index (Phi) is 3.20. The van der Waals surface area contributed by atoms with E-state index in [0.29, 0.717) is 5.56 Å². The summed E-state index contributed by atoms with van der Waals surface area (Å²) in [6, 6.07) is 6.92. The van der Waals surface area contributed by atoms with Crippen LogP contribution >= 0.6 is 0 Å². The van der Waals surface area contributed by atoms with Crippen molar-refractivity contribution in [2.24, 2.45) is 0 Å². The minimum Gasteiger partial charge on any atom is -0.508 e. The van der Waals surface area contributed by atoms with Gasteiger partial charge in [-0.2, -0.15) is 13.2 Å². The molecule has 2 aromatic heterocycles. The highest BCUT2D eigenvalue weighted by atomic mass is 19.4. The van der Waals surface area contributed by atoms with E-state index in [9.17, 15) is 22.7 Å². The van der Waals surface area contributed by atoms with Crippen molar-refractivity contribution in [1.82, 2.24) is 9.97 Å². The van der Waals surface area contributed by atoms with Gasteiger partial charge in [0.2, 0.25) is 0 Å². The number of benzene rings is 1. The fraction of sp³-hybridized carbons (Fsp3) is 0.0667. The number of alkyl halides is 3. The predicted molar refractivity (Wildman–Crippen MR) is 71.6 cm³/mol. The summed E-state index contributed by atoms with van der Waals surface area (Å²) in [6.07, 6.45) is -3.34. The summed E-state index contributed by atoms with van der Waals surface area (Å²) < 4.78 is 51.9. The van der Waals surface area contributed by atoms with E-state index < -0.39 is 17.7 Å². The van der Waals surface area contributed by atoms with E-state index in [-0.39, 0.29) is 22.3 Å². The number of pyridine rings is 2. The maximum atomic E-state index is 13.9. The van der Waals surface area contributed by atoms with Crippen molar-refractivity contribution >= 4 is 11.0 Å². The Balaban J connectivity index is 2.26. The monoisotopic (exact) mass is 308 g/mol.